The molecule has 0 fully saturated rings. The molecule has 0 saturated carbocycles. The second-order valence-electron chi connectivity index (χ2n) is 7.35. The van der Waals surface area contributed by atoms with Crippen molar-refractivity contribution < 1.29 is 0 Å². The molecule has 1 heterocycles. The third-order valence-corrected chi connectivity index (χ3v) is 5.77. The molecule has 5 unspecified atom stereocenters. The number of hydrogen-bond donors (Lipinski definition) is 2. The Morgan fingerprint density at radius 1 is 1.05 bits per heavy atom. The zero-order chi connectivity index (χ0) is 15.1. The minimum atomic E-state index is 0.169. The average Bonchev–Trinajstić information content (AvgIpc) is 2.54. The second-order valence-corrected chi connectivity index (χ2v) is 7.35. The normalized spacial score (nSPS) is 41.0. The van der Waals surface area contributed by atoms with Crippen LogP contribution in [-0.4, -0.2) is 23.8 Å². The summed E-state index contributed by atoms with van der Waals surface area (Å²) < 4.78 is 0. The number of nitrogens with two attached hydrogens (primary N) is 2. The monoisotopic (exact) mass is 297 g/mol. The Bertz CT molecular complexity index is 569. The largest absolute Gasteiger partial charge is 0.324 e. The fraction of sp³-hybridized carbons (Fsp3) is 0.632. The van der Waals surface area contributed by atoms with Gasteiger partial charge in [0.25, 0.3) is 0 Å². The van der Waals surface area contributed by atoms with Gasteiger partial charge >= 0.3 is 0 Å². The van der Waals surface area contributed by atoms with Gasteiger partial charge in [0.2, 0.25) is 0 Å². The zero-order valence-electron chi connectivity index (χ0n) is 13.2. The molecule has 3 heteroatoms. The molecule has 5 atom stereocenters. The quantitative estimate of drug-likeness (QED) is 0.731. The Morgan fingerprint density at radius 3 is 2.77 bits per heavy atom. The highest BCUT2D eigenvalue weighted by Crippen LogP contribution is 2.43. The molecule has 4 N–H and O–H groups in total. The summed E-state index contributed by atoms with van der Waals surface area (Å²) in [7, 11) is 0. The summed E-state index contributed by atoms with van der Waals surface area (Å²) in [6.07, 6.45) is 17.5. The van der Waals surface area contributed by atoms with Gasteiger partial charge < -0.3 is 11.5 Å². The van der Waals surface area contributed by atoms with Gasteiger partial charge in [-0.05, 0) is 62.0 Å². The van der Waals surface area contributed by atoms with Gasteiger partial charge in [0.05, 0.1) is 11.8 Å². The van der Waals surface area contributed by atoms with Crippen LogP contribution in [0.15, 0.2) is 40.4 Å². The average molecular weight is 297 g/mol. The fourth-order valence-corrected chi connectivity index (χ4v) is 4.64. The van der Waals surface area contributed by atoms with Crippen molar-refractivity contribution in [3.8, 4) is 0 Å². The topological polar surface area (TPSA) is 64.4 Å². The Labute approximate surface area is 133 Å². The van der Waals surface area contributed by atoms with E-state index in [1.807, 2.05) is 0 Å². The van der Waals surface area contributed by atoms with Crippen LogP contribution in [0.25, 0.3) is 0 Å². The van der Waals surface area contributed by atoms with Gasteiger partial charge in [-0.25, -0.2) is 0 Å². The van der Waals surface area contributed by atoms with Crippen molar-refractivity contribution >= 4 is 5.71 Å². The molecule has 0 spiro atoms. The van der Waals surface area contributed by atoms with Crippen LogP contribution in [-0.2, 0) is 0 Å². The molecular weight excluding hydrogens is 270 g/mol. The molecule has 0 bridgehead atoms. The summed E-state index contributed by atoms with van der Waals surface area (Å²) >= 11 is 0. The Hall–Kier alpha value is -1.19. The molecule has 3 nitrogen and oxygen atoms in total. The molecule has 0 radical (unpaired) electrons. The van der Waals surface area contributed by atoms with Crippen LogP contribution < -0.4 is 11.5 Å². The fourth-order valence-electron chi connectivity index (χ4n) is 4.64. The summed E-state index contributed by atoms with van der Waals surface area (Å²) in [6.45, 7) is 0. The highest BCUT2D eigenvalue weighted by Gasteiger charge is 2.40. The van der Waals surface area contributed by atoms with E-state index in [2.05, 4.69) is 24.3 Å². The molecule has 4 rings (SSSR count). The molecule has 1 aliphatic heterocycles. The van der Waals surface area contributed by atoms with Crippen LogP contribution in [0.1, 0.15) is 44.9 Å². The smallest absolute Gasteiger partial charge is 0.0639 e. The lowest BCUT2D eigenvalue weighted by atomic mass is 9.67. The first-order valence-corrected chi connectivity index (χ1v) is 8.91. The molecule has 0 amide bonds. The first-order valence-electron chi connectivity index (χ1n) is 8.91. The van der Waals surface area contributed by atoms with E-state index in [0.717, 1.165) is 12.8 Å². The minimum Gasteiger partial charge on any atom is -0.324 e. The van der Waals surface area contributed by atoms with Crippen molar-refractivity contribution in [2.75, 3.05) is 0 Å². The van der Waals surface area contributed by atoms with Crippen molar-refractivity contribution in [1.82, 2.24) is 0 Å². The Balaban J connectivity index is 1.77. The number of aliphatic imine (C=N–C) groups is 1. The van der Waals surface area contributed by atoms with Crippen molar-refractivity contribution in [2.45, 2.75) is 63.1 Å². The number of fused-ring (bicyclic) bond motifs is 3. The van der Waals surface area contributed by atoms with Crippen LogP contribution in [0, 0.1) is 11.8 Å². The summed E-state index contributed by atoms with van der Waals surface area (Å²) in [5.74, 6) is 1.13. The molecule has 0 aromatic heterocycles. The molecule has 0 saturated heterocycles. The maximum Gasteiger partial charge on any atom is 0.0639 e. The van der Waals surface area contributed by atoms with E-state index in [1.165, 1.54) is 49.0 Å². The zero-order valence-corrected chi connectivity index (χ0v) is 13.2. The third-order valence-electron chi connectivity index (χ3n) is 5.77. The van der Waals surface area contributed by atoms with E-state index in [-0.39, 0.29) is 12.1 Å². The SMILES string of the molecule is NC1C=C2C(C3=CCCCC3)=NC3CC(N)C=CC3C2CC1. The number of allylic oxidation sites excluding steroid dienone is 3. The van der Waals surface area contributed by atoms with E-state index in [4.69, 9.17) is 16.5 Å². The van der Waals surface area contributed by atoms with Crippen LogP contribution >= 0.6 is 0 Å². The summed E-state index contributed by atoms with van der Waals surface area (Å²) in [5.41, 5.74) is 16.6. The standard InChI is InChI=1S/C19H27N3/c20-13-6-8-15-16-9-7-14(21)11-18(16)22-19(17(15)10-13)12-4-2-1-3-5-12/h4,7,9-10,13-16,18H,1-3,5-6,8,11,20-21H2. The van der Waals surface area contributed by atoms with E-state index >= 15 is 0 Å². The maximum absolute atomic E-state index is 6.23. The first kappa shape index (κ1) is 14.4. The molecule has 0 aromatic carbocycles. The van der Waals surface area contributed by atoms with Crippen molar-refractivity contribution in [2.24, 2.45) is 28.3 Å². The summed E-state index contributed by atoms with van der Waals surface area (Å²) in [4.78, 5) is 5.19. The van der Waals surface area contributed by atoms with Gasteiger partial charge in [0.15, 0.2) is 0 Å². The van der Waals surface area contributed by atoms with Gasteiger partial charge in [0, 0.05) is 18.0 Å². The van der Waals surface area contributed by atoms with Crippen molar-refractivity contribution in [1.29, 1.82) is 0 Å². The Kier molecular flexibility index (Phi) is 3.79. The molecule has 0 aromatic rings. The lowest BCUT2D eigenvalue weighted by molar-refractivity contribution is 0.307. The summed E-state index contributed by atoms with van der Waals surface area (Å²) in [6, 6.07) is 0.740. The molecular formula is C19H27N3. The van der Waals surface area contributed by atoms with E-state index < -0.39 is 0 Å². The summed E-state index contributed by atoms with van der Waals surface area (Å²) in [5, 5.41) is 0. The molecule has 118 valence electrons. The first-order chi connectivity index (χ1) is 10.7. The second kappa shape index (κ2) is 5.78. The van der Waals surface area contributed by atoms with Gasteiger partial charge in [-0.2, -0.15) is 0 Å². The van der Waals surface area contributed by atoms with E-state index in [1.54, 1.807) is 0 Å². The van der Waals surface area contributed by atoms with Crippen LogP contribution in [0.5, 0.6) is 0 Å². The van der Waals surface area contributed by atoms with Crippen LogP contribution in [0.2, 0.25) is 0 Å². The highest BCUT2D eigenvalue weighted by atomic mass is 14.9. The molecule has 3 aliphatic carbocycles. The van der Waals surface area contributed by atoms with Crippen molar-refractivity contribution in [3.63, 3.8) is 0 Å². The lowest BCUT2D eigenvalue weighted by Crippen LogP contribution is -2.43. The van der Waals surface area contributed by atoms with Gasteiger partial charge in [-0.1, -0.05) is 24.3 Å². The van der Waals surface area contributed by atoms with Crippen LogP contribution in [0.4, 0.5) is 0 Å². The van der Waals surface area contributed by atoms with Crippen molar-refractivity contribution in [3.05, 3.63) is 35.5 Å². The minimum absolute atomic E-state index is 0.169. The highest BCUT2D eigenvalue weighted by molar-refractivity contribution is 6.13. The van der Waals surface area contributed by atoms with Gasteiger partial charge in [0.1, 0.15) is 0 Å². The third kappa shape index (κ3) is 2.50. The van der Waals surface area contributed by atoms with E-state index in [0.29, 0.717) is 17.9 Å². The number of rotatable bonds is 1. The predicted molar refractivity (Wildman–Crippen MR) is 91.8 cm³/mol. The number of nitrogens with zero attached hydrogens (tertiary/aromatic N) is 1. The molecule has 22 heavy (non-hydrogen) atoms. The van der Waals surface area contributed by atoms with Gasteiger partial charge in [-0.3, -0.25) is 4.99 Å². The van der Waals surface area contributed by atoms with Gasteiger partial charge in [-0.15, -0.1) is 0 Å². The molecule has 4 aliphatic rings. The predicted octanol–water partition coefficient (Wildman–Crippen LogP) is 2.88. The Morgan fingerprint density at radius 2 is 1.95 bits per heavy atom. The van der Waals surface area contributed by atoms with Crippen LogP contribution in [0.3, 0.4) is 0 Å². The lowest BCUT2D eigenvalue weighted by Gasteiger charge is -2.43. The van der Waals surface area contributed by atoms with E-state index in [9.17, 15) is 0 Å². The maximum atomic E-state index is 6.23. The number of hydrogen-bond acceptors (Lipinski definition) is 3.